The number of nitrogens with two attached hydrogens (primary N) is 1. The number of benzene rings is 1. The van der Waals surface area contributed by atoms with Crippen LogP contribution < -0.4 is 10.5 Å². The lowest BCUT2D eigenvalue weighted by Gasteiger charge is -2.07. The molecule has 1 unspecified atom stereocenters. The van der Waals surface area contributed by atoms with E-state index < -0.39 is 10.8 Å². The largest absolute Gasteiger partial charge is 0.495 e. The maximum absolute atomic E-state index is 11.1. The smallest absolute Gasteiger partial charge is 0.182 e. The van der Waals surface area contributed by atoms with Crippen molar-refractivity contribution in [2.24, 2.45) is 0 Å². The highest BCUT2D eigenvalue weighted by molar-refractivity contribution is 7.84. The number of nitrogen functional groups attached to an aromatic ring is 1. The average molecular weight is 281 g/mol. The SMILES string of the molecule is COc1cc(-c2nnnn2CCS(C)=O)ccc1N. The summed E-state index contributed by atoms with van der Waals surface area (Å²) in [7, 11) is 0.669. The van der Waals surface area contributed by atoms with E-state index >= 15 is 0 Å². The number of hydrogen-bond acceptors (Lipinski definition) is 6. The monoisotopic (exact) mass is 281 g/mol. The molecule has 2 rings (SSSR count). The van der Waals surface area contributed by atoms with Crippen LogP contribution in [0, 0.1) is 0 Å². The first-order chi connectivity index (χ1) is 9.11. The number of aryl methyl sites for hydroxylation is 1. The van der Waals surface area contributed by atoms with Gasteiger partial charge in [-0.1, -0.05) is 0 Å². The molecular weight excluding hydrogens is 266 g/mol. The Labute approximate surface area is 113 Å². The standard InChI is InChI=1S/C11H15N5O2S/c1-18-10-7-8(3-4-9(10)12)11-13-14-15-16(11)5-6-19(2)17/h3-4,7H,5-6,12H2,1-2H3. The maximum Gasteiger partial charge on any atom is 0.182 e. The van der Waals surface area contributed by atoms with Gasteiger partial charge in [-0.15, -0.1) is 5.10 Å². The Morgan fingerprint density at radius 2 is 2.26 bits per heavy atom. The second-order valence-corrected chi connectivity index (χ2v) is 5.51. The number of hydrogen-bond donors (Lipinski definition) is 1. The van der Waals surface area contributed by atoms with Gasteiger partial charge in [0.2, 0.25) is 0 Å². The number of nitrogens with zero attached hydrogens (tertiary/aromatic N) is 4. The summed E-state index contributed by atoms with van der Waals surface area (Å²) in [6.45, 7) is 0.498. The lowest BCUT2D eigenvalue weighted by Crippen LogP contribution is -2.09. The number of rotatable bonds is 5. The summed E-state index contributed by atoms with van der Waals surface area (Å²) in [4.78, 5) is 0. The number of methoxy groups -OCH3 is 1. The fourth-order valence-electron chi connectivity index (χ4n) is 1.63. The molecule has 0 radical (unpaired) electrons. The van der Waals surface area contributed by atoms with Crippen molar-refractivity contribution < 1.29 is 8.95 Å². The summed E-state index contributed by atoms with van der Waals surface area (Å²) >= 11 is 0. The highest BCUT2D eigenvalue weighted by Gasteiger charge is 2.11. The lowest BCUT2D eigenvalue weighted by atomic mass is 10.2. The van der Waals surface area contributed by atoms with Crippen LogP contribution in [0.3, 0.4) is 0 Å². The molecular formula is C11H15N5O2S. The Balaban J connectivity index is 2.31. The molecule has 0 amide bonds. The molecule has 1 aromatic heterocycles. The van der Waals surface area contributed by atoms with Gasteiger partial charge in [0.05, 0.1) is 19.3 Å². The summed E-state index contributed by atoms with van der Waals surface area (Å²) < 4.78 is 17.9. The Morgan fingerprint density at radius 3 is 2.95 bits per heavy atom. The van der Waals surface area contributed by atoms with Crippen molar-refractivity contribution in [3.05, 3.63) is 18.2 Å². The van der Waals surface area contributed by atoms with E-state index in [2.05, 4.69) is 15.5 Å². The molecule has 1 heterocycles. The first-order valence-corrected chi connectivity index (χ1v) is 7.34. The van der Waals surface area contributed by atoms with Crippen molar-refractivity contribution in [1.29, 1.82) is 0 Å². The van der Waals surface area contributed by atoms with Gasteiger partial charge < -0.3 is 10.5 Å². The molecule has 8 heteroatoms. The molecule has 2 aromatic rings. The van der Waals surface area contributed by atoms with Crippen LogP contribution in [0.2, 0.25) is 0 Å². The molecule has 0 fully saturated rings. The molecule has 0 aliphatic carbocycles. The molecule has 0 aliphatic heterocycles. The third kappa shape index (κ3) is 3.08. The third-order valence-electron chi connectivity index (χ3n) is 2.61. The van der Waals surface area contributed by atoms with E-state index in [1.54, 1.807) is 30.2 Å². The van der Waals surface area contributed by atoms with Crippen molar-refractivity contribution in [2.45, 2.75) is 6.54 Å². The minimum absolute atomic E-state index is 0.498. The number of aromatic nitrogens is 4. The topological polar surface area (TPSA) is 95.9 Å². The van der Waals surface area contributed by atoms with Gasteiger partial charge in [-0.2, -0.15) is 0 Å². The zero-order valence-electron chi connectivity index (χ0n) is 10.7. The number of anilines is 1. The van der Waals surface area contributed by atoms with Gasteiger partial charge in [-0.05, 0) is 28.6 Å². The van der Waals surface area contributed by atoms with E-state index in [-0.39, 0.29) is 0 Å². The molecule has 1 atom stereocenters. The summed E-state index contributed by atoms with van der Waals surface area (Å²) in [5.41, 5.74) is 7.13. The van der Waals surface area contributed by atoms with Gasteiger partial charge in [-0.3, -0.25) is 4.21 Å². The highest BCUT2D eigenvalue weighted by Crippen LogP contribution is 2.27. The van der Waals surface area contributed by atoms with Crippen molar-refractivity contribution in [1.82, 2.24) is 20.2 Å². The van der Waals surface area contributed by atoms with E-state index in [1.165, 1.54) is 0 Å². The summed E-state index contributed by atoms with van der Waals surface area (Å²) in [5, 5.41) is 11.5. The van der Waals surface area contributed by atoms with Gasteiger partial charge in [0, 0.05) is 28.4 Å². The minimum Gasteiger partial charge on any atom is -0.495 e. The van der Waals surface area contributed by atoms with E-state index in [1.807, 2.05) is 6.07 Å². The van der Waals surface area contributed by atoms with Crippen LogP contribution in [0.5, 0.6) is 5.75 Å². The second-order valence-electron chi connectivity index (χ2n) is 3.96. The van der Waals surface area contributed by atoms with E-state index in [0.29, 0.717) is 29.6 Å². The zero-order valence-corrected chi connectivity index (χ0v) is 11.6. The van der Waals surface area contributed by atoms with E-state index in [0.717, 1.165) is 5.56 Å². The molecule has 7 nitrogen and oxygen atoms in total. The minimum atomic E-state index is -0.886. The fourth-order valence-corrected chi connectivity index (χ4v) is 2.06. The van der Waals surface area contributed by atoms with Gasteiger partial charge >= 0.3 is 0 Å². The molecule has 0 saturated carbocycles. The molecule has 2 N–H and O–H groups in total. The second kappa shape index (κ2) is 5.79. The quantitative estimate of drug-likeness (QED) is 0.792. The molecule has 0 aliphatic rings. The first-order valence-electron chi connectivity index (χ1n) is 5.62. The third-order valence-corrected chi connectivity index (χ3v) is 3.37. The molecule has 0 bridgehead atoms. The number of ether oxygens (including phenoxy) is 1. The van der Waals surface area contributed by atoms with E-state index in [9.17, 15) is 4.21 Å². The fraction of sp³-hybridized carbons (Fsp3) is 0.364. The van der Waals surface area contributed by atoms with Crippen molar-refractivity contribution >= 4 is 16.5 Å². The molecule has 1 aromatic carbocycles. The summed E-state index contributed by atoms with van der Waals surface area (Å²) in [6, 6.07) is 5.34. The molecule has 19 heavy (non-hydrogen) atoms. The summed E-state index contributed by atoms with van der Waals surface area (Å²) in [5.74, 6) is 1.68. The lowest BCUT2D eigenvalue weighted by molar-refractivity contribution is 0.417. The van der Waals surface area contributed by atoms with Crippen LogP contribution in [0.4, 0.5) is 5.69 Å². The number of tetrazole rings is 1. The van der Waals surface area contributed by atoms with Crippen LogP contribution in [-0.4, -0.2) is 43.5 Å². The summed E-state index contributed by atoms with van der Waals surface area (Å²) in [6.07, 6.45) is 1.65. The Hall–Kier alpha value is -1.96. The zero-order chi connectivity index (χ0) is 13.8. The Kier molecular flexibility index (Phi) is 4.10. The van der Waals surface area contributed by atoms with Crippen LogP contribution in [0.25, 0.3) is 11.4 Å². The molecule has 0 saturated heterocycles. The van der Waals surface area contributed by atoms with E-state index in [4.69, 9.17) is 10.5 Å². The highest BCUT2D eigenvalue weighted by atomic mass is 32.2. The average Bonchev–Trinajstić information content (AvgIpc) is 2.85. The maximum atomic E-state index is 11.1. The molecule has 0 spiro atoms. The molecule has 102 valence electrons. The van der Waals surface area contributed by atoms with Crippen LogP contribution in [0.15, 0.2) is 18.2 Å². The van der Waals surface area contributed by atoms with Crippen LogP contribution >= 0.6 is 0 Å². The van der Waals surface area contributed by atoms with Crippen molar-refractivity contribution in [3.63, 3.8) is 0 Å². The van der Waals surface area contributed by atoms with Gasteiger partial charge in [0.25, 0.3) is 0 Å². The van der Waals surface area contributed by atoms with Gasteiger partial charge in [0.15, 0.2) is 5.82 Å². The van der Waals surface area contributed by atoms with Crippen LogP contribution in [-0.2, 0) is 17.3 Å². The van der Waals surface area contributed by atoms with Crippen molar-refractivity contribution in [2.75, 3.05) is 24.9 Å². The normalized spacial score (nSPS) is 12.3. The van der Waals surface area contributed by atoms with Gasteiger partial charge in [0.1, 0.15) is 5.75 Å². The first kappa shape index (κ1) is 13.5. The van der Waals surface area contributed by atoms with Gasteiger partial charge in [-0.25, -0.2) is 4.68 Å². The Morgan fingerprint density at radius 1 is 1.47 bits per heavy atom. The predicted molar refractivity (Wildman–Crippen MR) is 73.2 cm³/mol. The van der Waals surface area contributed by atoms with Crippen LogP contribution in [0.1, 0.15) is 0 Å². The predicted octanol–water partition coefficient (Wildman–Crippen LogP) is 0.309. The van der Waals surface area contributed by atoms with Crippen molar-refractivity contribution in [3.8, 4) is 17.1 Å². The Bertz CT molecular complexity index is 599.